The molecule has 2 aromatic carbocycles. The number of nitrogens with one attached hydrogen (secondary N) is 1. The van der Waals surface area contributed by atoms with E-state index in [0.717, 1.165) is 5.56 Å². The van der Waals surface area contributed by atoms with Crippen LogP contribution >= 0.6 is 27.5 Å². The van der Waals surface area contributed by atoms with Gasteiger partial charge in [-0.15, -0.1) is 0 Å². The second-order valence-corrected chi connectivity index (χ2v) is 5.41. The number of ether oxygens (including phenoxy) is 1. The maximum Gasteiger partial charge on any atom is 0.287 e. The van der Waals surface area contributed by atoms with E-state index in [1.54, 1.807) is 18.2 Å². The molecule has 110 valence electrons. The van der Waals surface area contributed by atoms with Crippen LogP contribution in [0.4, 0.5) is 5.69 Å². The van der Waals surface area contributed by atoms with Gasteiger partial charge in [0.2, 0.25) is 0 Å². The lowest BCUT2D eigenvalue weighted by molar-refractivity contribution is -0.385. The molecule has 0 aromatic heterocycles. The lowest BCUT2D eigenvalue weighted by atomic mass is 10.2. The third-order valence-electron chi connectivity index (χ3n) is 2.77. The maximum absolute atomic E-state index is 10.9. The quantitative estimate of drug-likeness (QED) is 0.620. The number of halogens is 2. The lowest BCUT2D eigenvalue weighted by Gasteiger charge is -2.13. The summed E-state index contributed by atoms with van der Waals surface area (Å²) in [6, 6.07) is 10.0. The van der Waals surface area contributed by atoms with E-state index < -0.39 is 4.92 Å². The Bertz CT molecular complexity index is 679. The van der Waals surface area contributed by atoms with Gasteiger partial charge in [-0.25, -0.2) is 0 Å². The van der Waals surface area contributed by atoms with Crippen LogP contribution in [0.5, 0.6) is 11.5 Å². The number of para-hydroxylation sites is 1. The number of hydrogen-bond acceptors (Lipinski definition) is 4. The number of nitro groups is 1. The summed E-state index contributed by atoms with van der Waals surface area (Å²) in [5.74, 6) is 0.823. The topological polar surface area (TPSA) is 64.4 Å². The van der Waals surface area contributed by atoms with Crippen LogP contribution in [0.25, 0.3) is 0 Å². The largest absolute Gasteiger partial charge is 0.454 e. The highest BCUT2D eigenvalue weighted by atomic mass is 79.9. The fourth-order valence-electron chi connectivity index (χ4n) is 1.83. The summed E-state index contributed by atoms with van der Waals surface area (Å²) < 4.78 is 6.07. The van der Waals surface area contributed by atoms with Crippen LogP contribution in [0.2, 0.25) is 5.02 Å². The predicted molar refractivity (Wildman–Crippen MR) is 85.1 cm³/mol. The van der Waals surface area contributed by atoms with Gasteiger partial charge < -0.3 is 10.1 Å². The van der Waals surface area contributed by atoms with Crippen LogP contribution in [-0.2, 0) is 6.54 Å². The molecule has 0 fully saturated rings. The van der Waals surface area contributed by atoms with E-state index in [-0.39, 0.29) is 10.2 Å². The predicted octanol–water partition coefficient (Wildman–Crippen LogP) is 4.52. The molecule has 2 aromatic rings. The lowest BCUT2D eigenvalue weighted by Crippen LogP contribution is -2.06. The minimum absolute atomic E-state index is 0.0604. The summed E-state index contributed by atoms with van der Waals surface area (Å²) in [6.07, 6.45) is 0. The van der Waals surface area contributed by atoms with Crippen LogP contribution in [0.15, 0.2) is 40.9 Å². The van der Waals surface area contributed by atoms with Gasteiger partial charge in [0.25, 0.3) is 5.69 Å². The van der Waals surface area contributed by atoms with Gasteiger partial charge in [-0.2, -0.15) is 0 Å². The zero-order valence-corrected chi connectivity index (χ0v) is 13.4. The molecule has 0 aliphatic rings. The van der Waals surface area contributed by atoms with Gasteiger partial charge in [-0.05, 0) is 35.1 Å². The van der Waals surface area contributed by atoms with Crippen LogP contribution < -0.4 is 10.1 Å². The molecule has 0 bridgehead atoms. The van der Waals surface area contributed by atoms with Crippen molar-refractivity contribution < 1.29 is 9.66 Å². The first-order valence-corrected chi connectivity index (χ1v) is 7.24. The van der Waals surface area contributed by atoms with E-state index in [9.17, 15) is 10.1 Å². The normalized spacial score (nSPS) is 10.4. The molecule has 0 radical (unpaired) electrons. The Hall–Kier alpha value is -1.63. The zero-order chi connectivity index (χ0) is 15.4. The van der Waals surface area contributed by atoms with E-state index in [4.69, 9.17) is 16.3 Å². The van der Waals surface area contributed by atoms with E-state index in [2.05, 4.69) is 21.2 Å². The van der Waals surface area contributed by atoms with Gasteiger partial charge >= 0.3 is 0 Å². The summed E-state index contributed by atoms with van der Waals surface area (Å²) >= 11 is 9.37. The fraction of sp³-hybridized carbons (Fsp3) is 0.143. The second kappa shape index (κ2) is 6.89. The number of rotatable bonds is 5. The Morgan fingerprint density at radius 2 is 2.05 bits per heavy atom. The maximum atomic E-state index is 10.9. The molecule has 0 atom stereocenters. The standard InChI is InChI=1S/C14H12BrClN2O3/c1-17-8-9-4-2-5-10(16)14(9)21-12-7-3-6-11(13(12)15)18(19)20/h2-7,17H,8H2,1H3. The molecule has 0 spiro atoms. The fourth-order valence-corrected chi connectivity index (χ4v) is 2.55. The first-order valence-electron chi connectivity index (χ1n) is 6.07. The summed E-state index contributed by atoms with van der Waals surface area (Å²) in [4.78, 5) is 10.5. The molecule has 0 unspecified atom stereocenters. The molecule has 21 heavy (non-hydrogen) atoms. The highest BCUT2D eigenvalue weighted by Crippen LogP contribution is 2.39. The van der Waals surface area contributed by atoms with Crippen molar-refractivity contribution in [2.45, 2.75) is 6.54 Å². The van der Waals surface area contributed by atoms with Crippen molar-refractivity contribution in [3.05, 3.63) is 61.6 Å². The second-order valence-electron chi connectivity index (χ2n) is 4.21. The highest BCUT2D eigenvalue weighted by Gasteiger charge is 2.18. The summed E-state index contributed by atoms with van der Waals surface area (Å²) in [5, 5.41) is 14.4. The molecule has 0 aliphatic heterocycles. The van der Waals surface area contributed by atoms with Gasteiger partial charge in [0.05, 0.1) is 9.95 Å². The van der Waals surface area contributed by atoms with Crippen molar-refractivity contribution >= 4 is 33.2 Å². The zero-order valence-electron chi connectivity index (χ0n) is 11.1. The molecular formula is C14H12BrClN2O3. The first kappa shape index (κ1) is 15.8. The van der Waals surface area contributed by atoms with Gasteiger partial charge in [0.1, 0.15) is 10.2 Å². The average molecular weight is 372 g/mol. The Labute approximate surface area is 135 Å². The molecule has 2 rings (SSSR count). The van der Waals surface area contributed by atoms with E-state index in [0.29, 0.717) is 23.1 Å². The van der Waals surface area contributed by atoms with Gasteiger partial charge in [0.15, 0.2) is 5.75 Å². The molecule has 0 saturated carbocycles. The summed E-state index contributed by atoms with van der Waals surface area (Å²) in [7, 11) is 1.81. The number of hydrogen-bond donors (Lipinski definition) is 1. The van der Waals surface area contributed by atoms with Crippen molar-refractivity contribution in [3.63, 3.8) is 0 Å². The number of benzene rings is 2. The third-order valence-corrected chi connectivity index (χ3v) is 3.86. The highest BCUT2D eigenvalue weighted by molar-refractivity contribution is 9.10. The van der Waals surface area contributed by atoms with Crippen LogP contribution in [0.1, 0.15) is 5.56 Å². The Morgan fingerprint density at radius 1 is 1.33 bits per heavy atom. The minimum Gasteiger partial charge on any atom is -0.454 e. The average Bonchev–Trinajstić information content (AvgIpc) is 2.44. The van der Waals surface area contributed by atoms with Crippen LogP contribution in [0, 0.1) is 10.1 Å². The van der Waals surface area contributed by atoms with Crippen molar-refractivity contribution in [2.24, 2.45) is 0 Å². The molecule has 7 heteroatoms. The van der Waals surface area contributed by atoms with E-state index in [1.165, 1.54) is 6.07 Å². The van der Waals surface area contributed by atoms with Crippen LogP contribution in [-0.4, -0.2) is 12.0 Å². The molecule has 0 amide bonds. The van der Waals surface area contributed by atoms with Crippen molar-refractivity contribution in [1.29, 1.82) is 0 Å². The smallest absolute Gasteiger partial charge is 0.287 e. The Morgan fingerprint density at radius 3 is 2.71 bits per heavy atom. The van der Waals surface area contributed by atoms with Gasteiger partial charge in [-0.1, -0.05) is 29.8 Å². The molecule has 1 N–H and O–H groups in total. The van der Waals surface area contributed by atoms with E-state index in [1.807, 2.05) is 19.2 Å². The molecular weight excluding hydrogens is 360 g/mol. The van der Waals surface area contributed by atoms with E-state index >= 15 is 0 Å². The summed E-state index contributed by atoms with van der Waals surface area (Å²) in [6.45, 7) is 0.572. The van der Waals surface area contributed by atoms with Crippen molar-refractivity contribution in [2.75, 3.05) is 7.05 Å². The Balaban J connectivity index is 2.43. The Kier molecular flexibility index (Phi) is 5.17. The monoisotopic (exact) mass is 370 g/mol. The molecule has 0 aliphatic carbocycles. The van der Waals surface area contributed by atoms with Crippen LogP contribution in [0.3, 0.4) is 0 Å². The van der Waals surface area contributed by atoms with Gasteiger partial charge in [0, 0.05) is 18.2 Å². The first-order chi connectivity index (χ1) is 10.0. The SMILES string of the molecule is CNCc1cccc(Cl)c1Oc1cccc([N+](=O)[O-])c1Br. The minimum atomic E-state index is -0.474. The molecule has 0 saturated heterocycles. The van der Waals surface area contributed by atoms with Gasteiger partial charge in [-0.3, -0.25) is 10.1 Å². The number of nitrogens with zero attached hydrogens (tertiary/aromatic N) is 1. The third kappa shape index (κ3) is 3.53. The molecule has 5 nitrogen and oxygen atoms in total. The van der Waals surface area contributed by atoms with Crippen molar-refractivity contribution in [1.82, 2.24) is 5.32 Å². The van der Waals surface area contributed by atoms with Crippen molar-refractivity contribution in [3.8, 4) is 11.5 Å². The number of nitro benzene ring substituents is 1. The molecule has 0 heterocycles. The summed E-state index contributed by atoms with van der Waals surface area (Å²) in [5.41, 5.74) is 0.804.